The van der Waals surface area contributed by atoms with Crippen molar-refractivity contribution in [1.82, 2.24) is 4.90 Å². The SMILES string of the molecule is O=C(Nc1ccc(C(=O)N2CCCC2)cc1)c1ccccc1OCCc1ccccc1. The van der Waals surface area contributed by atoms with E-state index in [0.29, 0.717) is 29.2 Å². The monoisotopic (exact) mass is 414 g/mol. The first-order valence-corrected chi connectivity index (χ1v) is 10.7. The molecule has 0 spiro atoms. The smallest absolute Gasteiger partial charge is 0.259 e. The molecule has 0 radical (unpaired) electrons. The first kappa shape index (κ1) is 20.7. The molecule has 5 nitrogen and oxygen atoms in total. The van der Waals surface area contributed by atoms with Crippen molar-refractivity contribution in [2.75, 3.05) is 25.0 Å². The molecule has 3 aromatic rings. The number of carbonyl (C=O) groups is 2. The van der Waals surface area contributed by atoms with Crippen molar-refractivity contribution < 1.29 is 14.3 Å². The van der Waals surface area contributed by atoms with E-state index in [2.05, 4.69) is 17.4 Å². The van der Waals surface area contributed by atoms with Crippen molar-refractivity contribution in [3.05, 3.63) is 95.6 Å². The lowest BCUT2D eigenvalue weighted by Crippen LogP contribution is -2.27. The molecule has 0 aliphatic carbocycles. The van der Waals surface area contributed by atoms with Gasteiger partial charge in [0.2, 0.25) is 0 Å². The van der Waals surface area contributed by atoms with Crippen molar-refractivity contribution in [3.63, 3.8) is 0 Å². The number of hydrogen-bond donors (Lipinski definition) is 1. The molecule has 158 valence electrons. The van der Waals surface area contributed by atoms with Crippen LogP contribution >= 0.6 is 0 Å². The third-order valence-corrected chi connectivity index (χ3v) is 5.41. The molecule has 0 unspecified atom stereocenters. The highest BCUT2D eigenvalue weighted by molar-refractivity contribution is 6.06. The fourth-order valence-electron chi connectivity index (χ4n) is 3.70. The third kappa shape index (κ3) is 5.31. The molecule has 1 N–H and O–H groups in total. The molecule has 0 bridgehead atoms. The minimum Gasteiger partial charge on any atom is -0.492 e. The Hall–Kier alpha value is -3.60. The molecule has 4 rings (SSSR count). The van der Waals surface area contributed by atoms with Crippen LogP contribution in [0.2, 0.25) is 0 Å². The van der Waals surface area contributed by atoms with Gasteiger partial charge in [0.05, 0.1) is 12.2 Å². The highest BCUT2D eigenvalue weighted by Crippen LogP contribution is 2.21. The molecule has 1 aliphatic heterocycles. The second kappa shape index (κ2) is 9.94. The fraction of sp³-hybridized carbons (Fsp3) is 0.231. The van der Waals surface area contributed by atoms with Gasteiger partial charge in [-0.3, -0.25) is 9.59 Å². The molecular weight excluding hydrogens is 388 g/mol. The number of benzene rings is 3. The first-order chi connectivity index (χ1) is 15.2. The number of anilines is 1. The maximum Gasteiger partial charge on any atom is 0.259 e. The van der Waals surface area contributed by atoms with Gasteiger partial charge in [0.25, 0.3) is 11.8 Å². The summed E-state index contributed by atoms with van der Waals surface area (Å²) >= 11 is 0. The third-order valence-electron chi connectivity index (χ3n) is 5.41. The van der Waals surface area contributed by atoms with Gasteiger partial charge in [-0.25, -0.2) is 0 Å². The zero-order valence-corrected chi connectivity index (χ0v) is 17.4. The Bertz CT molecular complexity index is 1030. The summed E-state index contributed by atoms with van der Waals surface area (Å²) in [6, 6.07) is 24.4. The Morgan fingerprint density at radius 2 is 1.52 bits per heavy atom. The van der Waals surface area contributed by atoms with Crippen molar-refractivity contribution in [3.8, 4) is 5.75 Å². The molecule has 0 atom stereocenters. The summed E-state index contributed by atoms with van der Waals surface area (Å²) in [7, 11) is 0. The lowest BCUT2D eigenvalue weighted by molar-refractivity contribution is 0.0792. The van der Waals surface area contributed by atoms with E-state index < -0.39 is 0 Å². The number of nitrogens with zero attached hydrogens (tertiary/aromatic N) is 1. The zero-order valence-electron chi connectivity index (χ0n) is 17.4. The predicted molar refractivity (Wildman–Crippen MR) is 122 cm³/mol. The van der Waals surface area contributed by atoms with Gasteiger partial charge in [-0.2, -0.15) is 0 Å². The normalized spacial score (nSPS) is 13.1. The average Bonchev–Trinajstić information content (AvgIpc) is 3.35. The maximum atomic E-state index is 12.8. The standard InChI is InChI=1S/C26H26N2O3/c29-25(27-22-14-12-21(13-15-22)26(30)28-17-6-7-18-28)23-10-4-5-11-24(23)31-19-16-20-8-2-1-3-9-20/h1-5,8-15H,6-7,16-19H2,(H,27,29). The minimum absolute atomic E-state index is 0.0486. The van der Waals surface area contributed by atoms with Crippen molar-refractivity contribution in [1.29, 1.82) is 0 Å². The van der Waals surface area contributed by atoms with Crippen LogP contribution in [-0.4, -0.2) is 36.4 Å². The van der Waals surface area contributed by atoms with Crippen molar-refractivity contribution in [2.45, 2.75) is 19.3 Å². The van der Waals surface area contributed by atoms with Gasteiger partial charge >= 0.3 is 0 Å². The lowest BCUT2D eigenvalue weighted by Gasteiger charge is -2.15. The highest BCUT2D eigenvalue weighted by atomic mass is 16.5. The van der Waals surface area contributed by atoms with E-state index in [1.54, 1.807) is 36.4 Å². The fourth-order valence-corrected chi connectivity index (χ4v) is 3.70. The molecule has 1 fully saturated rings. The van der Waals surface area contributed by atoms with Gasteiger partial charge in [-0.05, 0) is 54.8 Å². The van der Waals surface area contributed by atoms with E-state index in [4.69, 9.17) is 4.74 Å². The number of amides is 2. The molecule has 1 heterocycles. The summed E-state index contributed by atoms with van der Waals surface area (Å²) in [5.74, 6) is 0.359. The number of carbonyl (C=O) groups excluding carboxylic acids is 2. The van der Waals surface area contributed by atoms with Crippen LogP contribution in [0.25, 0.3) is 0 Å². The van der Waals surface area contributed by atoms with Gasteiger partial charge in [0.15, 0.2) is 0 Å². The minimum atomic E-state index is -0.242. The number of para-hydroxylation sites is 1. The number of likely N-dealkylation sites (tertiary alicyclic amines) is 1. The maximum absolute atomic E-state index is 12.8. The Morgan fingerprint density at radius 1 is 0.839 bits per heavy atom. The second-order valence-corrected chi connectivity index (χ2v) is 7.61. The van der Waals surface area contributed by atoms with Crippen LogP contribution in [0.5, 0.6) is 5.75 Å². The van der Waals surface area contributed by atoms with Crippen LogP contribution in [0.1, 0.15) is 39.1 Å². The molecule has 0 saturated carbocycles. The topological polar surface area (TPSA) is 58.6 Å². The van der Waals surface area contributed by atoms with Gasteiger partial charge in [0, 0.05) is 30.8 Å². The molecule has 2 amide bonds. The Morgan fingerprint density at radius 3 is 2.26 bits per heavy atom. The van der Waals surface area contributed by atoms with Gasteiger partial charge in [-0.1, -0.05) is 42.5 Å². The number of ether oxygens (including phenoxy) is 1. The summed E-state index contributed by atoms with van der Waals surface area (Å²) in [4.78, 5) is 27.2. The summed E-state index contributed by atoms with van der Waals surface area (Å²) in [5.41, 5.74) is 2.95. The lowest BCUT2D eigenvalue weighted by atomic mass is 10.1. The molecular formula is C26H26N2O3. The van der Waals surface area contributed by atoms with Gasteiger partial charge in [0.1, 0.15) is 5.75 Å². The largest absolute Gasteiger partial charge is 0.492 e. The predicted octanol–water partition coefficient (Wildman–Crippen LogP) is 4.80. The zero-order chi connectivity index (χ0) is 21.5. The molecule has 0 aromatic heterocycles. The summed E-state index contributed by atoms with van der Waals surface area (Å²) in [5, 5.41) is 2.90. The second-order valence-electron chi connectivity index (χ2n) is 7.61. The summed E-state index contributed by atoms with van der Waals surface area (Å²) < 4.78 is 5.90. The average molecular weight is 415 g/mol. The first-order valence-electron chi connectivity index (χ1n) is 10.7. The van der Waals surface area contributed by atoms with Crippen LogP contribution in [0.4, 0.5) is 5.69 Å². The molecule has 5 heteroatoms. The Kier molecular flexibility index (Phi) is 6.62. The number of rotatable bonds is 7. The van der Waals surface area contributed by atoms with Crippen molar-refractivity contribution in [2.24, 2.45) is 0 Å². The van der Waals surface area contributed by atoms with Gasteiger partial charge in [-0.15, -0.1) is 0 Å². The number of nitrogens with one attached hydrogen (secondary N) is 1. The van der Waals surface area contributed by atoms with Crippen LogP contribution in [-0.2, 0) is 6.42 Å². The Balaban J connectivity index is 1.37. The van der Waals surface area contributed by atoms with E-state index in [0.717, 1.165) is 32.4 Å². The molecule has 31 heavy (non-hydrogen) atoms. The van der Waals surface area contributed by atoms with E-state index in [1.165, 1.54) is 5.56 Å². The quantitative estimate of drug-likeness (QED) is 0.604. The van der Waals surface area contributed by atoms with Crippen LogP contribution < -0.4 is 10.1 Å². The van der Waals surface area contributed by atoms with E-state index in [1.807, 2.05) is 35.2 Å². The highest BCUT2D eigenvalue weighted by Gasteiger charge is 2.19. The van der Waals surface area contributed by atoms with Gasteiger partial charge < -0.3 is 15.0 Å². The van der Waals surface area contributed by atoms with Crippen molar-refractivity contribution >= 4 is 17.5 Å². The molecule has 3 aromatic carbocycles. The van der Waals surface area contributed by atoms with Crippen LogP contribution in [0.15, 0.2) is 78.9 Å². The van der Waals surface area contributed by atoms with E-state index in [9.17, 15) is 9.59 Å². The van der Waals surface area contributed by atoms with Crippen LogP contribution in [0.3, 0.4) is 0 Å². The summed E-state index contributed by atoms with van der Waals surface area (Å²) in [6.45, 7) is 2.12. The van der Waals surface area contributed by atoms with E-state index in [-0.39, 0.29) is 11.8 Å². The Labute approximate surface area is 182 Å². The number of hydrogen-bond acceptors (Lipinski definition) is 3. The molecule has 1 saturated heterocycles. The molecule has 1 aliphatic rings. The summed E-state index contributed by atoms with van der Waals surface area (Å²) in [6.07, 6.45) is 2.89. The van der Waals surface area contributed by atoms with E-state index >= 15 is 0 Å². The van der Waals surface area contributed by atoms with Crippen LogP contribution in [0, 0.1) is 0 Å².